The van der Waals surface area contributed by atoms with Crippen LogP contribution in [0.1, 0.15) is 6.92 Å². The molecule has 1 N–H and O–H groups in total. The molecule has 0 amide bonds. The Morgan fingerprint density at radius 3 is 2.54 bits per heavy atom. The molecule has 1 aromatic heterocycles. The Morgan fingerprint density at radius 1 is 1.08 bits per heavy atom. The van der Waals surface area contributed by atoms with E-state index in [-0.39, 0.29) is 11.6 Å². The molecule has 1 atom stereocenters. The fourth-order valence-electron chi connectivity index (χ4n) is 2.21. The maximum atomic E-state index is 13.7. The van der Waals surface area contributed by atoms with Crippen LogP contribution < -0.4 is 10.1 Å². The highest BCUT2D eigenvalue weighted by Crippen LogP contribution is 2.30. The minimum Gasteiger partial charge on any atom is -0.463 e. The van der Waals surface area contributed by atoms with E-state index in [1.807, 2.05) is 0 Å². The molecule has 0 spiro atoms. The van der Waals surface area contributed by atoms with E-state index in [1.165, 1.54) is 30.5 Å². The van der Waals surface area contributed by atoms with Gasteiger partial charge in [0.05, 0.1) is 11.9 Å². The van der Waals surface area contributed by atoms with Crippen LogP contribution >= 0.6 is 0 Å². The lowest BCUT2D eigenvalue weighted by Crippen LogP contribution is -2.31. The number of nitrogens with one attached hydrogen (secondary N) is 1. The van der Waals surface area contributed by atoms with Gasteiger partial charge in [-0.15, -0.1) is 5.10 Å². The second-order valence-corrected chi connectivity index (χ2v) is 5.50. The summed E-state index contributed by atoms with van der Waals surface area (Å²) >= 11 is 0. The summed E-state index contributed by atoms with van der Waals surface area (Å²) in [4.78, 5) is 0. The van der Waals surface area contributed by atoms with Crippen molar-refractivity contribution in [3.63, 3.8) is 0 Å². The molecule has 9 heteroatoms. The second kappa shape index (κ2) is 6.74. The van der Waals surface area contributed by atoms with Crippen LogP contribution in [0, 0.1) is 11.6 Å². The fraction of sp³-hybridized carbons (Fsp3) is 0.176. The summed E-state index contributed by atoms with van der Waals surface area (Å²) in [7, 11) is 0. The molecule has 0 fully saturated rings. The average Bonchev–Trinajstić information content (AvgIpc) is 2.56. The molecule has 1 heterocycles. The highest BCUT2D eigenvalue weighted by atomic mass is 19.4. The zero-order valence-corrected chi connectivity index (χ0v) is 13.3. The first kappa shape index (κ1) is 17.8. The van der Waals surface area contributed by atoms with Gasteiger partial charge >= 0.3 is 6.18 Å². The Kier molecular flexibility index (Phi) is 4.62. The monoisotopic (exact) mass is 369 g/mol. The Morgan fingerprint density at radius 2 is 1.85 bits per heavy atom. The Bertz CT molecular complexity index is 945. The van der Waals surface area contributed by atoms with Crippen LogP contribution in [0.3, 0.4) is 0 Å². The molecule has 3 aromatic rings. The van der Waals surface area contributed by atoms with Crippen molar-refractivity contribution < 1.29 is 26.7 Å². The number of ether oxygens (including phenoxy) is 1. The van der Waals surface area contributed by atoms with E-state index < -0.39 is 23.9 Å². The first-order valence-corrected chi connectivity index (χ1v) is 7.45. The van der Waals surface area contributed by atoms with Crippen molar-refractivity contribution in [1.29, 1.82) is 0 Å². The first-order chi connectivity index (χ1) is 12.2. The number of rotatable bonds is 4. The van der Waals surface area contributed by atoms with Crippen molar-refractivity contribution in [3.05, 3.63) is 54.2 Å². The lowest BCUT2D eigenvalue weighted by Gasteiger charge is -2.17. The number of fused-ring (bicyclic) bond motifs is 1. The molecule has 136 valence electrons. The Balaban J connectivity index is 1.90. The molecule has 0 aliphatic heterocycles. The SMILES string of the molecule is C[C@@H](Oc1nncc2cc(Nc3ccc(F)cc3F)ccc12)C(F)(F)F. The number of alkyl halides is 3. The topological polar surface area (TPSA) is 47.0 Å². The molecule has 26 heavy (non-hydrogen) atoms. The summed E-state index contributed by atoms with van der Waals surface area (Å²) in [6, 6.07) is 7.60. The number of halogens is 5. The van der Waals surface area contributed by atoms with E-state index >= 15 is 0 Å². The van der Waals surface area contributed by atoms with Crippen molar-refractivity contribution in [2.24, 2.45) is 0 Å². The normalized spacial score (nSPS) is 12.8. The van der Waals surface area contributed by atoms with E-state index in [9.17, 15) is 22.0 Å². The minimum absolute atomic E-state index is 0.0509. The molecule has 0 radical (unpaired) electrons. The molecule has 3 rings (SSSR count). The summed E-state index contributed by atoms with van der Waals surface area (Å²) in [6.45, 7) is 0.869. The van der Waals surface area contributed by atoms with E-state index in [0.29, 0.717) is 16.5 Å². The van der Waals surface area contributed by atoms with Crippen LogP contribution in [0.2, 0.25) is 0 Å². The third kappa shape index (κ3) is 3.81. The molecular weight excluding hydrogens is 357 g/mol. The standard InChI is InChI=1S/C17H12F5N3O/c1-9(17(20,21)22)26-16-13-4-3-12(6-10(13)8-23-25-16)24-15-5-2-11(18)7-14(15)19/h2-9,24H,1H3/t9-/m1/s1. The van der Waals surface area contributed by atoms with Crippen molar-refractivity contribution >= 4 is 22.1 Å². The van der Waals surface area contributed by atoms with Crippen molar-refractivity contribution in [2.45, 2.75) is 19.2 Å². The lowest BCUT2D eigenvalue weighted by molar-refractivity contribution is -0.189. The van der Waals surface area contributed by atoms with Gasteiger partial charge in [-0.05, 0) is 37.3 Å². The summed E-state index contributed by atoms with van der Waals surface area (Å²) in [5, 5.41) is 10.8. The molecule has 4 nitrogen and oxygen atoms in total. The fourth-order valence-corrected chi connectivity index (χ4v) is 2.21. The zero-order valence-electron chi connectivity index (χ0n) is 13.3. The van der Waals surface area contributed by atoms with Crippen LogP contribution in [0.5, 0.6) is 5.88 Å². The third-order valence-corrected chi connectivity index (χ3v) is 3.59. The van der Waals surface area contributed by atoms with E-state index in [2.05, 4.69) is 15.5 Å². The van der Waals surface area contributed by atoms with Gasteiger partial charge in [-0.1, -0.05) is 0 Å². The predicted octanol–water partition coefficient (Wildman–Crippen LogP) is 4.98. The van der Waals surface area contributed by atoms with Crippen molar-refractivity contribution in [3.8, 4) is 5.88 Å². The molecule has 0 aliphatic rings. The highest BCUT2D eigenvalue weighted by Gasteiger charge is 2.38. The predicted molar refractivity (Wildman–Crippen MR) is 85.3 cm³/mol. The number of hydrogen-bond acceptors (Lipinski definition) is 4. The Labute approximate surface area is 144 Å². The van der Waals surface area contributed by atoms with Crippen LogP contribution in [0.15, 0.2) is 42.6 Å². The van der Waals surface area contributed by atoms with E-state index in [0.717, 1.165) is 19.1 Å². The van der Waals surface area contributed by atoms with E-state index in [1.54, 1.807) is 0 Å². The summed E-state index contributed by atoms with van der Waals surface area (Å²) in [5.74, 6) is -1.74. The van der Waals surface area contributed by atoms with Crippen LogP contribution in [0.25, 0.3) is 10.8 Å². The first-order valence-electron chi connectivity index (χ1n) is 7.45. The number of aromatic nitrogens is 2. The largest absolute Gasteiger partial charge is 0.463 e. The quantitative estimate of drug-likeness (QED) is 0.659. The summed E-state index contributed by atoms with van der Waals surface area (Å²) in [5.41, 5.74) is 0.487. The van der Waals surface area contributed by atoms with Gasteiger partial charge in [0.1, 0.15) is 11.6 Å². The van der Waals surface area contributed by atoms with Crippen LogP contribution in [-0.4, -0.2) is 22.5 Å². The molecule has 0 unspecified atom stereocenters. The second-order valence-electron chi connectivity index (χ2n) is 5.50. The smallest absolute Gasteiger partial charge is 0.425 e. The maximum Gasteiger partial charge on any atom is 0.425 e. The molecule has 0 bridgehead atoms. The third-order valence-electron chi connectivity index (χ3n) is 3.59. The number of benzene rings is 2. The molecular formula is C17H12F5N3O. The molecule has 0 saturated heterocycles. The van der Waals surface area contributed by atoms with Gasteiger partial charge in [-0.25, -0.2) is 8.78 Å². The molecule has 2 aromatic carbocycles. The van der Waals surface area contributed by atoms with Crippen LogP contribution in [0.4, 0.5) is 33.3 Å². The van der Waals surface area contributed by atoms with Crippen molar-refractivity contribution in [2.75, 3.05) is 5.32 Å². The van der Waals surface area contributed by atoms with Crippen molar-refractivity contribution in [1.82, 2.24) is 10.2 Å². The molecule has 0 saturated carbocycles. The minimum atomic E-state index is -4.54. The van der Waals surface area contributed by atoms with E-state index in [4.69, 9.17) is 4.74 Å². The van der Waals surface area contributed by atoms with Gasteiger partial charge in [0.15, 0.2) is 6.10 Å². The number of hydrogen-bond donors (Lipinski definition) is 1. The van der Waals surface area contributed by atoms with Gasteiger partial charge in [-0.3, -0.25) is 0 Å². The van der Waals surface area contributed by atoms with Gasteiger partial charge in [0, 0.05) is 22.5 Å². The average molecular weight is 369 g/mol. The Hall–Kier alpha value is -2.97. The highest BCUT2D eigenvalue weighted by molar-refractivity contribution is 5.89. The summed E-state index contributed by atoms with van der Waals surface area (Å²) in [6.07, 6.45) is -5.24. The maximum absolute atomic E-state index is 13.7. The van der Waals surface area contributed by atoms with Gasteiger partial charge in [-0.2, -0.15) is 18.3 Å². The van der Waals surface area contributed by atoms with Gasteiger partial charge in [0.2, 0.25) is 5.88 Å². The van der Waals surface area contributed by atoms with Gasteiger partial charge in [0.25, 0.3) is 0 Å². The number of nitrogens with zero attached hydrogens (tertiary/aromatic N) is 2. The molecule has 0 aliphatic carbocycles. The zero-order chi connectivity index (χ0) is 18.9. The van der Waals surface area contributed by atoms with Gasteiger partial charge < -0.3 is 10.1 Å². The van der Waals surface area contributed by atoms with Crippen LogP contribution in [-0.2, 0) is 0 Å². The lowest BCUT2D eigenvalue weighted by atomic mass is 10.1. The summed E-state index contributed by atoms with van der Waals surface area (Å²) < 4.78 is 69.5. The number of anilines is 2.